The molecule has 4 nitrogen and oxygen atoms in total. The Morgan fingerprint density at radius 2 is 1.50 bits per heavy atom. The first-order valence-corrected chi connectivity index (χ1v) is 7.35. The van der Waals surface area contributed by atoms with Crippen molar-refractivity contribution in [1.82, 2.24) is 5.32 Å². The molecule has 0 heterocycles. The van der Waals surface area contributed by atoms with E-state index in [2.05, 4.69) is 22.6 Å². The molecular weight excluding hydrogens is 276 g/mol. The molecule has 0 aliphatic heterocycles. The maximum absolute atomic E-state index is 11.6. The molecule has 0 spiro atoms. The molecule has 0 unspecified atom stereocenters. The molecule has 0 aromatic heterocycles. The third-order valence-electron chi connectivity index (χ3n) is 3.46. The number of oxime groups is 1. The molecule has 3 rings (SSSR count). The molecule has 22 heavy (non-hydrogen) atoms. The van der Waals surface area contributed by atoms with Crippen molar-refractivity contribution in [2.75, 3.05) is 6.61 Å². The van der Waals surface area contributed by atoms with E-state index in [1.165, 1.54) is 0 Å². The first-order valence-electron chi connectivity index (χ1n) is 7.35. The standard InChI is InChI=1S/C18H18N2O2/c1-12(2)19-17(21)11-22-20-18-15-9-5-3-7-13(15)14-8-4-6-10-16(14)18/h3-10,12H,11H2,1-2H3,(H,19,21). The lowest BCUT2D eigenvalue weighted by Gasteiger charge is -2.07. The van der Waals surface area contributed by atoms with Gasteiger partial charge in [-0.1, -0.05) is 53.7 Å². The lowest BCUT2D eigenvalue weighted by Crippen LogP contribution is -2.32. The Morgan fingerprint density at radius 1 is 1.00 bits per heavy atom. The van der Waals surface area contributed by atoms with Gasteiger partial charge in [0.05, 0.1) is 0 Å². The van der Waals surface area contributed by atoms with Crippen LogP contribution >= 0.6 is 0 Å². The third kappa shape index (κ3) is 2.72. The summed E-state index contributed by atoms with van der Waals surface area (Å²) < 4.78 is 0. The summed E-state index contributed by atoms with van der Waals surface area (Å²) in [6, 6.07) is 16.3. The van der Waals surface area contributed by atoms with Gasteiger partial charge in [-0.15, -0.1) is 0 Å². The van der Waals surface area contributed by atoms with Gasteiger partial charge in [-0.2, -0.15) is 0 Å². The van der Waals surface area contributed by atoms with E-state index >= 15 is 0 Å². The summed E-state index contributed by atoms with van der Waals surface area (Å²) >= 11 is 0. The van der Waals surface area contributed by atoms with E-state index in [1.54, 1.807) is 0 Å². The Kier molecular flexibility index (Phi) is 3.92. The van der Waals surface area contributed by atoms with Crippen LogP contribution in [0.5, 0.6) is 0 Å². The van der Waals surface area contributed by atoms with E-state index in [9.17, 15) is 4.79 Å². The molecule has 0 radical (unpaired) electrons. The second kappa shape index (κ2) is 6.02. The summed E-state index contributed by atoms with van der Waals surface area (Å²) in [5.74, 6) is -0.168. The van der Waals surface area contributed by atoms with Gasteiger partial charge < -0.3 is 10.2 Å². The van der Waals surface area contributed by atoms with Gasteiger partial charge in [0.25, 0.3) is 5.91 Å². The van der Waals surface area contributed by atoms with Crippen LogP contribution in [-0.2, 0) is 9.63 Å². The van der Waals surface area contributed by atoms with Gasteiger partial charge in [0.15, 0.2) is 6.61 Å². The Bertz CT molecular complexity index is 688. The maximum atomic E-state index is 11.6. The number of amides is 1. The monoisotopic (exact) mass is 294 g/mol. The molecule has 1 amide bonds. The van der Waals surface area contributed by atoms with Gasteiger partial charge in [-0.05, 0) is 25.0 Å². The van der Waals surface area contributed by atoms with Crippen molar-refractivity contribution < 1.29 is 9.63 Å². The topological polar surface area (TPSA) is 50.7 Å². The Hall–Kier alpha value is -2.62. The summed E-state index contributed by atoms with van der Waals surface area (Å²) in [7, 11) is 0. The van der Waals surface area contributed by atoms with Crippen LogP contribution in [0.15, 0.2) is 53.7 Å². The van der Waals surface area contributed by atoms with Crippen molar-refractivity contribution in [2.24, 2.45) is 5.16 Å². The van der Waals surface area contributed by atoms with Crippen LogP contribution < -0.4 is 5.32 Å². The molecule has 112 valence electrons. The first-order chi connectivity index (χ1) is 10.7. The minimum Gasteiger partial charge on any atom is -0.385 e. The minimum atomic E-state index is -0.168. The van der Waals surface area contributed by atoms with Gasteiger partial charge in [0.1, 0.15) is 5.71 Å². The van der Waals surface area contributed by atoms with Gasteiger partial charge in [0, 0.05) is 17.2 Å². The molecule has 0 fully saturated rings. The molecule has 0 bridgehead atoms. The second-order valence-corrected chi connectivity index (χ2v) is 5.53. The zero-order valence-corrected chi connectivity index (χ0v) is 12.7. The average Bonchev–Trinajstić information content (AvgIpc) is 2.82. The average molecular weight is 294 g/mol. The number of carbonyl (C=O) groups excluding carboxylic acids is 1. The number of nitrogens with one attached hydrogen (secondary N) is 1. The number of nitrogens with zero attached hydrogens (tertiary/aromatic N) is 1. The van der Waals surface area contributed by atoms with Crippen molar-refractivity contribution in [2.45, 2.75) is 19.9 Å². The zero-order chi connectivity index (χ0) is 15.5. The molecule has 0 atom stereocenters. The van der Waals surface area contributed by atoms with Crippen LogP contribution in [0.2, 0.25) is 0 Å². The fourth-order valence-corrected chi connectivity index (χ4v) is 2.61. The Balaban J connectivity index is 1.84. The second-order valence-electron chi connectivity index (χ2n) is 5.53. The normalized spacial score (nSPS) is 11.9. The molecular formula is C18H18N2O2. The van der Waals surface area contributed by atoms with Crippen LogP contribution in [0.3, 0.4) is 0 Å². The van der Waals surface area contributed by atoms with Crippen molar-refractivity contribution in [3.05, 3.63) is 59.7 Å². The van der Waals surface area contributed by atoms with Crippen LogP contribution in [0.1, 0.15) is 25.0 Å². The highest BCUT2D eigenvalue weighted by Gasteiger charge is 2.24. The summed E-state index contributed by atoms with van der Waals surface area (Å²) in [6.45, 7) is 3.74. The van der Waals surface area contributed by atoms with Gasteiger partial charge in [0.2, 0.25) is 0 Å². The van der Waals surface area contributed by atoms with E-state index in [1.807, 2.05) is 50.2 Å². The molecule has 4 heteroatoms. The third-order valence-corrected chi connectivity index (χ3v) is 3.46. The van der Waals surface area contributed by atoms with Crippen LogP contribution in [0.4, 0.5) is 0 Å². The number of fused-ring (bicyclic) bond motifs is 3. The van der Waals surface area contributed by atoms with E-state index < -0.39 is 0 Å². The predicted octanol–water partition coefficient (Wildman–Crippen LogP) is 2.96. The Labute approximate surface area is 129 Å². The van der Waals surface area contributed by atoms with Gasteiger partial charge in [-0.25, -0.2) is 0 Å². The first kappa shape index (κ1) is 14.3. The molecule has 2 aromatic rings. The Morgan fingerprint density at radius 3 is 2.00 bits per heavy atom. The molecule has 0 saturated carbocycles. The number of benzene rings is 2. The molecule has 0 saturated heterocycles. The van der Waals surface area contributed by atoms with Crippen LogP contribution in [-0.4, -0.2) is 24.3 Å². The summed E-state index contributed by atoms with van der Waals surface area (Å²) in [4.78, 5) is 16.9. The highest BCUT2D eigenvalue weighted by atomic mass is 16.6. The van der Waals surface area contributed by atoms with Gasteiger partial charge in [-0.3, -0.25) is 4.79 Å². The van der Waals surface area contributed by atoms with Gasteiger partial charge >= 0.3 is 0 Å². The van der Waals surface area contributed by atoms with Crippen molar-refractivity contribution in [1.29, 1.82) is 0 Å². The SMILES string of the molecule is CC(C)NC(=O)CON=C1c2ccccc2-c2ccccc21. The summed E-state index contributed by atoms with van der Waals surface area (Å²) in [5.41, 5.74) is 5.14. The van der Waals surface area contributed by atoms with E-state index in [0.717, 1.165) is 28.0 Å². The molecule has 1 N–H and O–H groups in total. The highest BCUT2D eigenvalue weighted by Crippen LogP contribution is 2.36. The minimum absolute atomic E-state index is 0.0774. The van der Waals surface area contributed by atoms with Crippen molar-refractivity contribution >= 4 is 11.6 Å². The predicted molar refractivity (Wildman–Crippen MR) is 86.7 cm³/mol. The zero-order valence-electron chi connectivity index (χ0n) is 12.7. The number of hydrogen-bond donors (Lipinski definition) is 1. The van der Waals surface area contributed by atoms with E-state index in [-0.39, 0.29) is 18.6 Å². The smallest absolute Gasteiger partial charge is 0.260 e. The highest BCUT2D eigenvalue weighted by molar-refractivity contribution is 6.24. The van der Waals surface area contributed by atoms with E-state index in [4.69, 9.17) is 4.84 Å². The largest absolute Gasteiger partial charge is 0.385 e. The fourth-order valence-electron chi connectivity index (χ4n) is 2.61. The maximum Gasteiger partial charge on any atom is 0.260 e. The number of hydrogen-bond acceptors (Lipinski definition) is 3. The quantitative estimate of drug-likeness (QED) is 0.752. The number of carbonyl (C=O) groups is 1. The van der Waals surface area contributed by atoms with Crippen molar-refractivity contribution in [3.63, 3.8) is 0 Å². The molecule has 1 aliphatic rings. The lowest BCUT2D eigenvalue weighted by atomic mass is 10.1. The lowest BCUT2D eigenvalue weighted by molar-refractivity contribution is -0.126. The van der Waals surface area contributed by atoms with E-state index in [0.29, 0.717) is 0 Å². The number of rotatable bonds is 4. The van der Waals surface area contributed by atoms with Crippen LogP contribution in [0, 0.1) is 0 Å². The van der Waals surface area contributed by atoms with Crippen LogP contribution in [0.25, 0.3) is 11.1 Å². The molecule has 2 aromatic carbocycles. The van der Waals surface area contributed by atoms with Crippen molar-refractivity contribution in [3.8, 4) is 11.1 Å². The summed E-state index contributed by atoms with van der Waals surface area (Å²) in [6.07, 6.45) is 0. The fraction of sp³-hybridized carbons (Fsp3) is 0.222. The molecule has 1 aliphatic carbocycles. The summed E-state index contributed by atoms with van der Waals surface area (Å²) in [5, 5.41) is 6.98.